The second-order valence-electron chi connectivity index (χ2n) is 3.67. The zero-order valence-corrected chi connectivity index (χ0v) is 8.64. The van der Waals surface area contributed by atoms with Crippen LogP contribution in [-0.2, 0) is 0 Å². The SMILES string of the molecule is CC(C)c1cccc(-n2nn[nH]c2=O)c1. The minimum Gasteiger partial charge on any atom is -0.244 e. The van der Waals surface area contributed by atoms with Gasteiger partial charge in [-0.1, -0.05) is 26.0 Å². The lowest BCUT2D eigenvalue weighted by atomic mass is 10.0. The van der Waals surface area contributed by atoms with Crippen molar-refractivity contribution in [1.82, 2.24) is 20.2 Å². The van der Waals surface area contributed by atoms with E-state index in [9.17, 15) is 4.79 Å². The van der Waals surface area contributed by atoms with E-state index in [0.717, 1.165) is 5.69 Å². The summed E-state index contributed by atoms with van der Waals surface area (Å²) in [4.78, 5) is 11.3. The molecule has 0 saturated carbocycles. The highest BCUT2D eigenvalue weighted by Gasteiger charge is 2.05. The van der Waals surface area contributed by atoms with Gasteiger partial charge in [0.15, 0.2) is 0 Å². The molecular formula is C10H12N4O. The average Bonchev–Trinajstić information content (AvgIpc) is 2.64. The van der Waals surface area contributed by atoms with Crippen LogP contribution in [-0.4, -0.2) is 20.2 Å². The Kier molecular flexibility index (Phi) is 2.37. The van der Waals surface area contributed by atoms with Gasteiger partial charge >= 0.3 is 5.69 Å². The van der Waals surface area contributed by atoms with Gasteiger partial charge in [0.25, 0.3) is 0 Å². The van der Waals surface area contributed by atoms with Gasteiger partial charge in [-0.3, -0.25) is 0 Å². The second-order valence-corrected chi connectivity index (χ2v) is 3.67. The van der Waals surface area contributed by atoms with E-state index in [0.29, 0.717) is 5.92 Å². The van der Waals surface area contributed by atoms with E-state index in [-0.39, 0.29) is 5.69 Å². The first-order valence-electron chi connectivity index (χ1n) is 4.79. The molecule has 5 nitrogen and oxygen atoms in total. The Labute approximate surface area is 86.7 Å². The van der Waals surface area contributed by atoms with E-state index >= 15 is 0 Å². The van der Waals surface area contributed by atoms with Crippen molar-refractivity contribution in [3.05, 3.63) is 40.3 Å². The van der Waals surface area contributed by atoms with Crippen LogP contribution in [0.4, 0.5) is 0 Å². The molecule has 2 aromatic rings. The summed E-state index contributed by atoms with van der Waals surface area (Å²) in [6.45, 7) is 4.20. The maximum absolute atomic E-state index is 11.3. The highest BCUT2D eigenvalue weighted by atomic mass is 16.2. The molecule has 1 aromatic heterocycles. The van der Waals surface area contributed by atoms with Gasteiger partial charge in [-0.15, -0.1) is 0 Å². The second kappa shape index (κ2) is 3.68. The minimum absolute atomic E-state index is 0.323. The summed E-state index contributed by atoms with van der Waals surface area (Å²) in [5, 5.41) is 9.40. The molecule has 2 rings (SSSR count). The first kappa shape index (κ1) is 9.64. The molecular weight excluding hydrogens is 192 g/mol. The van der Waals surface area contributed by atoms with Gasteiger partial charge in [0.2, 0.25) is 0 Å². The van der Waals surface area contributed by atoms with Gasteiger partial charge in [0.05, 0.1) is 5.69 Å². The van der Waals surface area contributed by atoms with Crippen molar-refractivity contribution >= 4 is 0 Å². The molecule has 0 saturated heterocycles. The predicted octanol–water partition coefficient (Wildman–Crippen LogP) is 1.08. The van der Waals surface area contributed by atoms with E-state index in [4.69, 9.17) is 0 Å². The smallest absolute Gasteiger partial charge is 0.244 e. The van der Waals surface area contributed by atoms with Crippen LogP contribution >= 0.6 is 0 Å². The number of aromatic amines is 1. The standard InChI is InChI=1S/C10H12N4O/c1-7(2)8-4-3-5-9(6-8)14-10(15)11-12-13-14/h3-7H,1-2H3,(H,11,13,15). The highest BCUT2D eigenvalue weighted by Crippen LogP contribution is 2.16. The number of H-pyrrole nitrogens is 1. The van der Waals surface area contributed by atoms with Crippen LogP contribution in [0, 0.1) is 0 Å². The summed E-state index contributed by atoms with van der Waals surface area (Å²) < 4.78 is 1.24. The molecule has 1 heterocycles. The van der Waals surface area contributed by atoms with Crippen molar-refractivity contribution in [2.45, 2.75) is 19.8 Å². The molecule has 0 aliphatic heterocycles. The number of hydrogen-bond acceptors (Lipinski definition) is 3. The molecule has 0 spiro atoms. The summed E-state index contributed by atoms with van der Waals surface area (Å²) in [5.41, 5.74) is 1.58. The molecule has 1 aromatic carbocycles. The third kappa shape index (κ3) is 1.81. The normalized spacial score (nSPS) is 10.9. The lowest BCUT2D eigenvalue weighted by molar-refractivity contribution is 0.774. The van der Waals surface area contributed by atoms with E-state index < -0.39 is 0 Å². The zero-order valence-electron chi connectivity index (χ0n) is 8.64. The van der Waals surface area contributed by atoms with Gasteiger partial charge < -0.3 is 0 Å². The molecule has 0 aliphatic rings. The van der Waals surface area contributed by atoms with Crippen LogP contribution in [0.3, 0.4) is 0 Å². The third-order valence-electron chi connectivity index (χ3n) is 2.25. The lowest BCUT2D eigenvalue weighted by Crippen LogP contribution is -2.16. The minimum atomic E-state index is -0.323. The van der Waals surface area contributed by atoms with Crippen LogP contribution in [0.15, 0.2) is 29.1 Å². The predicted molar refractivity (Wildman–Crippen MR) is 56.1 cm³/mol. The third-order valence-corrected chi connectivity index (χ3v) is 2.25. The first-order chi connectivity index (χ1) is 7.18. The lowest BCUT2D eigenvalue weighted by Gasteiger charge is -2.06. The number of benzene rings is 1. The Balaban J connectivity index is 2.50. The van der Waals surface area contributed by atoms with Gasteiger partial charge in [-0.25, -0.2) is 9.89 Å². The number of nitrogens with zero attached hydrogens (tertiary/aromatic N) is 3. The Bertz CT molecular complexity index is 512. The fraction of sp³-hybridized carbons (Fsp3) is 0.300. The molecule has 1 N–H and O–H groups in total. The number of nitrogens with one attached hydrogen (secondary N) is 1. The van der Waals surface area contributed by atoms with Crippen molar-refractivity contribution in [2.24, 2.45) is 0 Å². The van der Waals surface area contributed by atoms with E-state index in [1.165, 1.54) is 10.2 Å². The molecule has 0 atom stereocenters. The Morgan fingerprint density at radius 3 is 2.80 bits per heavy atom. The van der Waals surface area contributed by atoms with Crippen LogP contribution in [0.5, 0.6) is 0 Å². The van der Waals surface area contributed by atoms with Gasteiger partial charge in [-0.05, 0) is 34.0 Å². The van der Waals surface area contributed by atoms with Gasteiger partial charge in [-0.2, -0.15) is 4.68 Å². The molecule has 0 amide bonds. The summed E-state index contributed by atoms with van der Waals surface area (Å²) >= 11 is 0. The molecule has 0 radical (unpaired) electrons. The Morgan fingerprint density at radius 2 is 2.20 bits per heavy atom. The van der Waals surface area contributed by atoms with Gasteiger partial charge in [0, 0.05) is 0 Å². The van der Waals surface area contributed by atoms with Crippen LogP contribution in [0.25, 0.3) is 5.69 Å². The molecule has 0 bridgehead atoms. The number of aromatic nitrogens is 4. The Morgan fingerprint density at radius 1 is 1.40 bits per heavy atom. The molecule has 15 heavy (non-hydrogen) atoms. The van der Waals surface area contributed by atoms with Crippen molar-refractivity contribution in [3.8, 4) is 5.69 Å². The fourth-order valence-electron chi connectivity index (χ4n) is 1.38. The van der Waals surface area contributed by atoms with Gasteiger partial charge in [0.1, 0.15) is 0 Å². The topological polar surface area (TPSA) is 63.6 Å². The average molecular weight is 204 g/mol. The maximum atomic E-state index is 11.3. The van der Waals surface area contributed by atoms with Crippen LogP contribution in [0.1, 0.15) is 25.3 Å². The first-order valence-corrected chi connectivity index (χ1v) is 4.79. The van der Waals surface area contributed by atoms with Crippen molar-refractivity contribution < 1.29 is 0 Å². The van der Waals surface area contributed by atoms with Crippen molar-refractivity contribution in [3.63, 3.8) is 0 Å². The quantitative estimate of drug-likeness (QED) is 0.796. The maximum Gasteiger partial charge on any atom is 0.365 e. The Hall–Kier alpha value is -1.91. The van der Waals surface area contributed by atoms with E-state index in [2.05, 4.69) is 29.4 Å². The molecule has 78 valence electrons. The number of hydrogen-bond donors (Lipinski definition) is 1. The highest BCUT2D eigenvalue weighted by molar-refractivity contribution is 5.35. The van der Waals surface area contributed by atoms with Crippen molar-refractivity contribution in [2.75, 3.05) is 0 Å². The summed E-state index contributed by atoms with van der Waals surface area (Å²) in [6.07, 6.45) is 0. The number of rotatable bonds is 2. The summed E-state index contributed by atoms with van der Waals surface area (Å²) in [5.74, 6) is 0.424. The summed E-state index contributed by atoms with van der Waals surface area (Å²) in [7, 11) is 0. The molecule has 0 fully saturated rings. The fourth-order valence-corrected chi connectivity index (χ4v) is 1.38. The zero-order chi connectivity index (χ0) is 10.8. The molecule has 0 unspecified atom stereocenters. The molecule has 5 heteroatoms. The monoisotopic (exact) mass is 204 g/mol. The summed E-state index contributed by atoms with van der Waals surface area (Å²) in [6, 6.07) is 7.70. The number of tetrazole rings is 1. The van der Waals surface area contributed by atoms with Crippen LogP contribution in [0.2, 0.25) is 0 Å². The van der Waals surface area contributed by atoms with Crippen LogP contribution < -0.4 is 5.69 Å². The molecule has 0 aliphatic carbocycles. The van der Waals surface area contributed by atoms with Crippen molar-refractivity contribution in [1.29, 1.82) is 0 Å². The van der Waals surface area contributed by atoms with E-state index in [1.807, 2.05) is 24.3 Å². The van der Waals surface area contributed by atoms with E-state index in [1.54, 1.807) is 0 Å². The largest absolute Gasteiger partial charge is 0.365 e.